The van der Waals surface area contributed by atoms with Crippen LogP contribution in [0.4, 0.5) is 11.4 Å². The normalized spacial score (nSPS) is 10.9. The Morgan fingerprint density at radius 3 is 2.61 bits per heavy atom. The Morgan fingerprint density at radius 1 is 1.25 bits per heavy atom. The van der Waals surface area contributed by atoms with E-state index in [9.17, 15) is 14.9 Å². The van der Waals surface area contributed by atoms with Crippen LogP contribution in [-0.4, -0.2) is 30.4 Å². The summed E-state index contributed by atoms with van der Waals surface area (Å²) in [7, 11) is 0. The second-order valence-corrected chi connectivity index (χ2v) is 7.21. The zero-order valence-electron chi connectivity index (χ0n) is 15.6. The van der Waals surface area contributed by atoms with Crippen molar-refractivity contribution in [3.63, 3.8) is 0 Å². The maximum Gasteiger partial charge on any atom is 0.309 e. The lowest BCUT2D eigenvalue weighted by Crippen LogP contribution is -2.20. The van der Waals surface area contributed by atoms with Gasteiger partial charge in [0.1, 0.15) is 18.4 Å². The summed E-state index contributed by atoms with van der Waals surface area (Å²) in [5, 5.41) is 22.1. The molecule has 10 heteroatoms. The summed E-state index contributed by atoms with van der Waals surface area (Å²) >= 11 is 3.52. The van der Waals surface area contributed by atoms with Gasteiger partial charge in [0.05, 0.1) is 27.3 Å². The molecule has 0 unspecified atom stereocenters. The summed E-state index contributed by atoms with van der Waals surface area (Å²) in [6.45, 7) is 5.96. The van der Waals surface area contributed by atoms with E-state index in [4.69, 9.17) is 0 Å². The molecule has 28 heavy (non-hydrogen) atoms. The standard InChI is InChI=1S/C18H19BrN6O3/c1-11-18(19)13(3)24(22-11)9-14-5-4-6-15(7-14)21-17(26)10-23-12(2)16(8-20-23)25(27)28/h4-8H,9-10H2,1-3H3,(H,21,26). The highest BCUT2D eigenvalue weighted by atomic mass is 79.9. The Kier molecular flexibility index (Phi) is 5.59. The minimum absolute atomic E-state index is 0.103. The number of nitrogens with zero attached hydrogens (tertiary/aromatic N) is 5. The zero-order valence-corrected chi connectivity index (χ0v) is 17.2. The van der Waals surface area contributed by atoms with Crippen molar-refractivity contribution in [3.8, 4) is 0 Å². The molecule has 1 amide bonds. The molecule has 0 bridgehead atoms. The molecular formula is C18H19BrN6O3. The molecule has 2 aromatic heterocycles. The van der Waals surface area contributed by atoms with Crippen LogP contribution < -0.4 is 5.32 Å². The third kappa shape index (κ3) is 4.11. The van der Waals surface area contributed by atoms with E-state index < -0.39 is 4.92 Å². The summed E-state index contributed by atoms with van der Waals surface area (Å²) < 4.78 is 4.19. The lowest BCUT2D eigenvalue weighted by atomic mass is 10.2. The molecule has 0 saturated carbocycles. The largest absolute Gasteiger partial charge is 0.324 e. The van der Waals surface area contributed by atoms with Crippen molar-refractivity contribution in [1.82, 2.24) is 19.6 Å². The number of halogens is 1. The number of nitro groups is 1. The van der Waals surface area contributed by atoms with E-state index in [1.54, 1.807) is 13.0 Å². The van der Waals surface area contributed by atoms with Crippen molar-refractivity contribution in [3.05, 3.63) is 67.7 Å². The van der Waals surface area contributed by atoms with Crippen molar-refractivity contribution in [1.29, 1.82) is 0 Å². The number of aromatic nitrogens is 4. The van der Waals surface area contributed by atoms with Gasteiger partial charge in [-0.3, -0.25) is 24.3 Å². The van der Waals surface area contributed by atoms with Gasteiger partial charge in [-0.05, 0) is 54.4 Å². The Balaban J connectivity index is 1.69. The number of benzene rings is 1. The van der Waals surface area contributed by atoms with Crippen LogP contribution in [-0.2, 0) is 17.9 Å². The van der Waals surface area contributed by atoms with Crippen LogP contribution in [0.25, 0.3) is 0 Å². The van der Waals surface area contributed by atoms with Gasteiger partial charge in [0, 0.05) is 5.69 Å². The van der Waals surface area contributed by atoms with Crippen LogP contribution in [0, 0.1) is 30.9 Å². The first-order valence-corrected chi connectivity index (χ1v) is 9.30. The van der Waals surface area contributed by atoms with Gasteiger partial charge in [-0.2, -0.15) is 10.2 Å². The molecule has 2 heterocycles. The van der Waals surface area contributed by atoms with Crippen LogP contribution in [0.1, 0.15) is 22.6 Å². The second-order valence-electron chi connectivity index (χ2n) is 6.42. The molecule has 0 saturated heterocycles. The monoisotopic (exact) mass is 446 g/mol. The lowest BCUT2D eigenvalue weighted by Gasteiger charge is -2.09. The minimum atomic E-state index is -0.516. The van der Waals surface area contributed by atoms with Crippen LogP contribution in [0.15, 0.2) is 34.9 Å². The Labute approximate surface area is 169 Å². The number of hydrogen-bond acceptors (Lipinski definition) is 5. The van der Waals surface area contributed by atoms with Gasteiger partial charge in [0.2, 0.25) is 5.91 Å². The summed E-state index contributed by atoms with van der Waals surface area (Å²) in [5.74, 6) is -0.313. The highest BCUT2D eigenvalue weighted by Crippen LogP contribution is 2.21. The first-order valence-electron chi connectivity index (χ1n) is 8.51. The topological polar surface area (TPSA) is 108 Å². The minimum Gasteiger partial charge on any atom is -0.324 e. The van der Waals surface area contributed by atoms with Gasteiger partial charge < -0.3 is 5.32 Å². The zero-order chi connectivity index (χ0) is 20.4. The van der Waals surface area contributed by atoms with Gasteiger partial charge in [-0.25, -0.2) is 0 Å². The molecule has 0 radical (unpaired) electrons. The molecule has 0 spiro atoms. The number of aryl methyl sites for hydroxylation is 1. The number of carbonyl (C=O) groups excluding carboxylic acids is 1. The molecule has 146 valence electrons. The molecule has 0 aliphatic heterocycles. The quantitative estimate of drug-likeness (QED) is 0.461. The first-order chi connectivity index (χ1) is 13.3. The highest BCUT2D eigenvalue weighted by Gasteiger charge is 2.18. The van der Waals surface area contributed by atoms with Crippen molar-refractivity contribution >= 4 is 33.2 Å². The van der Waals surface area contributed by atoms with Gasteiger partial charge in [-0.15, -0.1) is 0 Å². The van der Waals surface area contributed by atoms with Crippen molar-refractivity contribution in [2.24, 2.45) is 0 Å². The van der Waals surface area contributed by atoms with Crippen LogP contribution in [0.2, 0.25) is 0 Å². The van der Waals surface area contributed by atoms with Crippen LogP contribution in [0.5, 0.6) is 0 Å². The van der Waals surface area contributed by atoms with E-state index in [2.05, 4.69) is 31.4 Å². The third-order valence-electron chi connectivity index (χ3n) is 4.40. The summed E-state index contributed by atoms with van der Waals surface area (Å²) in [6.07, 6.45) is 1.15. The maximum absolute atomic E-state index is 12.3. The van der Waals surface area contributed by atoms with Gasteiger partial charge >= 0.3 is 5.69 Å². The number of hydrogen-bond donors (Lipinski definition) is 1. The molecule has 9 nitrogen and oxygen atoms in total. The predicted molar refractivity (Wildman–Crippen MR) is 107 cm³/mol. The number of nitrogens with one attached hydrogen (secondary N) is 1. The number of rotatable bonds is 6. The summed E-state index contributed by atoms with van der Waals surface area (Å²) in [5.41, 5.74) is 3.81. The Hall–Kier alpha value is -3.01. The van der Waals surface area contributed by atoms with Crippen LogP contribution in [0.3, 0.4) is 0 Å². The van der Waals surface area contributed by atoms with Gasteiger partial charge in [0.25, 0.3) is 0 Å². The fourth-order valence-corrected chi connectivity index (χ4v) is 3.15. The van der Waals surface area contributed by atoms with E-state index in [-0.39, 0.29) is 18.1 Å². The smallest absolute Gasteiger partial charge is 0.309 e. The van der Waals surface area contributed by atoms with Gasteiger partial charge in [-0.1, -0.05) is 12.1 Å². The lowest BCUT2D eigenvalue weighted by molar-refractivity contribution is -0.385. The Morgan fingerprint density at radius 2 is 2.00 bits per heavy atom. The number of carbonyl (C=O) groups is 1. The molecule has 3 aromatic rings. The Bertz CT molecular complexity index is 1060. The fraction of sp³-hybridized carbons (Fsp3) is 0.278. The second kappa shape index (κ2) is 7.93. The van der Waals surface area contributed by atoms with Crippen LogP contribution >= 0.6 is 15.9 Å². The van der Waals surface area contributed by atoms with Crippen molar-refractivity contribution in [2.75, 3.05) is 5.32 Å². The highest BCUT2D eigenvalue weighted by molar-refractivity contribution is 9.10. The fourth-order valence-electron chi connectivity index (χ4n) is 2.86. The van der Waals surface area contributed by atoms with E-state index in [1.807, 2.05) is 36.7 Å². The van der Waals surface area contributed by atoms with E-state index in [0.29, 0.717) is 17.9 Å². The summed E-state index contributed by atoms with van der Waals surface area (Å²) in [6, 6.07) is 7.48. The van der Waals surface area contributed by atoms with Crippen molar-refractivity contribution in [2.45, 2.75) is 33.9 Å². The average molecular weight is 447 g/mol. The molecule has 0 aliphatic rings. The third-order valence-corrected chi connectivity index (χ3v) is 5.55. The molecule has 0 atom stereocenters. The van der Waals surface area contributed by atoms with E-state index in [0.717, 1.165) is 27.6 Å². The molecule has 1 aromatic carbocycles. The molecule has 0 fully saturated rings. The maximum atomic E-state index is 12.3. The van der Waals surface area contributed by atoms with Gasteiger partial charge in [0.15, 0.2) is 0 Å². The first kappa shape index (κ1) is 19.7. The molecular weight excluding hydrogens is 428 g/mol. The van der Waals surface area contributed by atoms with Crippen molar-refractivity contribution < 1.29 is 9.72 Å². The number of anilines is 1. The molecule has 0 aliphatic carbocycles. The average Bonchev–Trinajstić information content (AvgIpc) is 3.10. The van der Waals surface area contributed by atoms with E-state index in [1.165, 1.54) is 4.68 Å². The molecule has 3 rings (SSSR count). The predicted octanol–water partition coefficient (Wildman–Crippen LogP) is 3.36. The molecule has 1 N–H and O–H groups in total. The summed E-state index contributed by atoms with van der Waals surface area (Å²) in [4.78, 5) is 22.7. The van der Waals surface area contributed by atoms with E-state index >= 15 is 0 Å². The number of amides is 1. The SMILES string of the molecule is Cc1nn(Cc2cccc(NC(=O)Cn3ncc([N+](=O)[O-])c3C)c2)c(C)c1Br.